The fraction of sp³-hybridized carbons (Fsp3) is 0.412. The maximum absolute atomic E-state index is 12.1. The Balaban J connectivity index is 1.86. The molecule has 6 nitrogen and oxygen atoms in total. The van der Waals surface area contributed by atoms with E-state index >= 15 is 0 Å². The van der Waals surface area contributed by atoms with Crippen molar-refractivity contribution >= 4 is 5.91 Å². The van der Waals surface area contributed by atoms with Gasteiger partial charge >= 0.3 is 0 Å². The number of nitrogens with one attached hydrogen (secondary N) is 1. The summed E-state index contributed by atoms with van der Waals surface area (Å²) in [5.41, 5.74) is 1.59. The second kappa shape index (κ2) is 7.78. The van der Waals surface area contributed by atoms with Crippen LogP contribution >= 0.6 is 0 Å². The molecule has 1 unspecified atom stereocenters. The van der Waals surface area contributed by atoms with Crippen LogP contribution in [-0.2, 0) is 17.9 Å². The standard InChI is InChI=1S/C17H22N2O4/c1-11(2)16-8-15(23-19-16)9-18-17(21)12(3)22-14-6-4-5-13(7-14)10-20/h4-8,11-12,20H,9-10H2,1-3H3,(H,18,21). The van der Waals surface area contributed by atoms with Crippen molar-refractivity contribution in [2.24, 2.45) is 0 Å². The fourth-order valence-electron chi connectivity index (χ4n) is 1.98. The Morgan fingerprint density at radius 2 is 2.13 bits per heavy atom. The van der Waals surface area contributed by atoms with E-state index in [0.717, 1.165) is 11.3 Å². The number of aromatic nitrogens is 1. The molecule has 124 valence electrons. The molecule has 0 spiro atoms. The number of ether oxygens (including phenoxy) is 1. The van der Waals surface area contributed by atoms with Crippen LogP contribution in [0.15, 0.2) is 34.9 Å². The number of carbonyl (C=O) groups is 1. The van der Waals surface area contributed by atoms with Gasteiger partial charge in [-0.1, -0.05) is 31.1 Å². The molecule has 0 bridgehead atoms. The van der Waals surface area contributed by atoms with E-state index in [4.69, 9.17) is 14.4 Å². The van der Waals surface area contributed by atoms with Gasteiger partial charge in [-0.25, -0.2) is 0 Å². The van der Waals surface area contributed by atoms with Gasteiger partial charge in [-0.2, -0.15) is 0 Å². The lowest BCUT2D eigenvalue weighted by molar-refractivity contribution is -0.127. The summed E-state index contributed by atoms with van der Waals surface area (Å²) < 4.78 is 10.8. The molecule has 1 atom stereocenters. The van der Waals surface area contributed by atoms with Gasteiger partial charge in [-0.05, 0) is 30.5 Å². The number of aliphatic hydroxyl groups excluding tert-OH is 1. The summed E-state index contributed by atoms with van der Waals surface area (Å²) in [5, 5.41) is 15.8. The highest BCUT2D eigenvalue weighted by molar-refractivity contribution is 5.80. The Bertz CT molecular complexity index is 652. The summed E-state index contributed by atoms with van der Waals surface area (Å²) in [4.78, 5) is 12.1. The summed E-state index contributed by atoms with van der Waals surface area (Å²) in [7, 11) is 0. The van der Waals surface area contributed by atoms with Crippen molar-refractivity contribution in [1.82, 2.24) is 10.5 Å². The monoisotopic (exact) mass is 318 g/mol. The molecule has 6 heteroatoms. The highest BCUT2D eigenvalue weighted by Gasteiger charge is 2.16. The topological polar surface area (TPSA) is 84.6 Å². The van der Waals surface area contributed by atoms with Crippen molar-refractivity contribution in [2.75, 3.05) is 0 Å². The third kappa shape index (κ3) is 4.82. The van der Waals surface area contributed by atoms with Crippen molar-refractivity contribution in [1.29, 1.82) is 0 Å². The van der Waals surface area contributed by atoms with Gasteiger partial charge in [0.25, 0.3) is 5.91 Å². The maximum Gasteiger partial charge on any atom is 0.261 e. The second-order valence-corrected chi connectivity index (χ2v) is 5.66. The zero-order valence-electron chi connectivity index (χ0n) is 13.6. The molecule has 2 rings (SSSR count). The quantitative estimate of drug-likeness (QED) is 0.819. The molecule has 0 aliphatic carbocycles. The average Bonchev–Trinajstić information content (AvgIpc) is 3.02. The van der Waals surface area contributed by atoms with Gasteiger partial charge in [0.05, 0.1) is 18.8 Å². The summed E-state index contributed by atoms with van der Waals surface area (Å²) in [5.74, 6) is 1.18. The normalized spacial score (nSPS) is 12.2. The third-order valence-electron chi connectivity index (χ3n) is 3.37. The highest BCUT2D eigenvalue weighted by atomic mass is 16.5. The highest BCUT2D eigenvalue weighted by Crippen LogP contribution is 2.16. The fourth-order valence-corrected chi connectivity index (χ4v) is 1.98. The summed E-state index contributed by atoms with van der Waals surface area (Å²) in [6.07, 6.45) is -0.656. The number of aliphatic hydroxyl groups is 1. The minimum atomic E-state index is -0.656. The third-order valence-corrected chi connectivity index (χ3v) is 3.37. The molecular formula is C17H22N2O4. The molecule has 0 aliphatic rings. The smallest absolute Gasteiger partial charge is 0.261 e. The molecule has 2 aromatic rings. The van der Waals surface area contributed by atoms with Crippen molar-refractivity contribution in [3.8, 4) is 5.75 Å². The van der Waals surface area contributed by atoms with E-state index < -0.39 is 6.10 Å². The van der Waals surface area contributed by atoms with Crippen LogP contribution in [0.2, 0.25) is 0 Å². The predicted molar refractivity (Wildman–Crippen MR) is 84.9 cm³/mol. The molecule has 0 fully saturated rings. The number of rotatable bonds is 7. The van der Waals surface area contributed by atoms with E-state index in [9.17, 15) is 4.79 Å². The number of nitrogens with zero attached hydrogens (tertiary/aromatic N) is 1. The number of amides is 1. The minimum Gasteiger partial charge on any atom is -0.481 e. The first-order valence-corrected chi connectivity index (χ1v) is 7.59. The second-order valence-electron chi connectivity index (χ2n) is 5.66. The molecule has 0 saturated carbocycles. The minimum absolute atomic E-state index is 0.0680. The zero-order valence-corrected chi connectivity index (χ0v) is 13.6. The maximum atomic E-state index is 12.1. The SMILES string of the molecule is CC(Oc1cccc(CO)c1)C(=O)NCc1cc(C(C)C)no1. The van der Waals surface area contributed by atoms with Gasteiger partial charge in [0.15, 0.2) is 11.9 Å². The lowest BCUT2D eigenvalue weighted by atomic mass is 10.1. The van der Waals surface area contributed by atoms with Gasteiger partial charge in [0.2, 0.25) is 0 Å². The molecule has 23 heavy (non-hydrogen) atoms. The Hall–Kier alpha value is -2.34. The van der Waals surface area contributed by atoms with Crippen LogP contribution in [0.1, 0.15) is 43.7 Å². The molecule has 0 radical (unpaired) electrons. The molecule has 2 N–H and O–H groups in total. The first-order chi connectivity index (χ1) is 11.0. The Morgan fingerprint density at radius 1 is 1.35 bits per heavy atom. The molecule has 0 saturated heterocycles. The lowest BCUT2D eigenvalue weighted by Gasteiger charge is -2.14. The van der Waals surface area contributed by atoms with E-state index in [1.807, 2.05) is 19.9 Å². The summed E-state index contributed by atoms with van der Waals surface area (Å²) in [6, 6.07) is 8.84. The molecule has 0 aliphatic heterocycles. The van der Waals surface area contributed by atoms with Crippen molar-refractivity contribution in [3.05, 3.63) is 47.3 Å². The van der Waals surface area contributed by atoms with E-state index in [0.29, 0.717) is 11.5 Å². The Labute approximate surface area is 135 Å². The largest absolute Gasteiger partial charge is 0.481 e. The van der Waals surface area contributed by atoms with E-state index in [1.165, 1.54) is 0 Å². The van der Waals surface area contributed by atoms with Crippen LogP contribution in [-0.4, -0.2) is 22.3 Å². The van der Waals surface area contributed by atoms with E-state index in [2.05, 4.69) is 10.5 Å². The van der Waals surface area contributed by atoms with Crippen molar-refractivity contribution < 1.29 is 19.2 Å². The van der Waals surface area contributed by atoms with Gasteiger partial charge in [0.1, 0.15) is 5.75 Å². The van der Waals surface area contributed by atoms with Crippen LogP contribution in [0.25, 0.3) is 0 Å². The molecule has 1 heterocycles. The van der Waals surface area contributed by atoms with E-state index in [1.54, 1.807) is 31.2 Å². The number of hydrogen-bond donors (Lipinski definition) is 2. The van der Waals surface area contributed by atoms with Gasteiger partial charge in [0, 0.05) is 6.07 Å². The number of benzene rings is 1. The first kappa shape index (κ1) is 17.0. The zero-order chi connectivity index (χ0) is 16.8. The van der Waals surface area contributed by atoms with Crippen LogP contribution in [0.3, 0.4) is 0 Å². The molecular weight excluding hydrogens is 296 g/mol. The van der Waals surface area contributed by atoms with E-state index in [-0.39, 0.29) is 25.0 Å². The summed E-state index contributed by atoms with van der Waals surface area (Å²) >= 11 is 0. The van der Waals surface area contributed by atoms with Crippen molar-refractivity contribution in [3.63, 3.8) is 0 Å². The average molecular weight is 318 g/mol. The number of hydrogen-bond acceptors (Lipinski definition) is 5. The Morgan fingerprint density at radius 3 is 2.78 bits per heavy atom. The van der Waals surface area contributed by atoms with Gasteiger partial charge in [-0.15, -0.1) is 0 Å². The molecule has 1 amide bonds. The molecule has 1 aromatic heterocycles. The van der Waals surface area contributed by atoms with Crippen LogP contribution in [0.4, 0.5) is 0 Å². The summed E-state index contributed by atoms with van der Waals surface area (Å²) in [6.45, 7) is 5.92. The number of carbonyl (C=O) groups excluding carboxylic acids is 1. The van der Waals surface area contributed by atoms with Crippen LogP contribution in [0.5, 0.6) is 5.75 Å². The first-order valence-electron chi connectivity index (χ1n) is 7.59. The van der Waals surface area contributed by atoms with Crippen molar-refractivity contribution in [2.45, 2.75) is 45.9 Å². The Kier molecular flexibility index (Phi) is 5.76. The lowest BCUT2D eigenvalue weighted by Crippen LogP contribution is -2.35. The predicted octanol–water partition coefficient (Wildman–Crippen LogP) is 2.37. The molecule has 1 aromatic carbocycles. The van der Waals surface area contributed by atoms with Crippen LogP contribution in [0, 0.1) is 0 Å². The van der Waals surface area contributed by atoms with Gasteiger partial charge in [-0.3, -0.25) is 4.79 Å². The van der Waals surface area contributed by atoms with Gasteiger partial charge < -0.3 is 19.7 Å². The van der Waals surface area contributed by atoms with Crippen LogP contribution < -0.4 is 10.1 Å².